The fourth-order valence-corrected chi connectivity index (χ4v) is 2.92. The van der Waals surface area contributed by atoms with Gasteiger partial charge in [-0.3, -0.25) is 4.79 Å². The van der Waals surface area contributed by atoms with Crippen LogP contribution >= 0.6 is 11.6 Å². The number of hydrogen-bond acceptors (Lipinski definition) is 5. The molecule has 3 N–H and O–H groups in total. The largest absolute Gasteiger partial charge is 0.490 e. The molecule has 2 heterocycles. The molecule has 2 aromatic heterocycles. The quantitative estimate of drug-likeness (QED) is 0.324. The number of aromatic amines is 1. The van der Waals surface area contributed by atoms with Gasteiger partial charge in [-0.15, -0.1) is 0 Å². The van der Waals surface area contributed by atoms with Crippen molar-refractivity contribution in [3.05, 3.63) is 99.4 Å². The lowest BCUT2D eigenvalue weighted by Crippen LogP contribution is -2.21. The Bertz CT molecular complexity index is 1340. The molecule has 0 saturated carbocycles. The predicted molar refractivity (Wildman–Crippen MR) is 126 cm³/mol. The molecule has 0 bridgehead atoms. The van der Waals surface area contributed by atoms with Crippen molar-refractivity contribution in [2.75, 3.05) is 5.32 Å². The Morgan fingerprint density at radius 2 is 1.71 bits per heavy atom. The highest BCUT2D eigenvalue weighted by Crippen LogP contribution is 2.19. The summed E-state index contributed by atoms with van der Waals surface area (Å²) in [4.78, 5) is 27.5. The van der Waals surface area contributed by atoms with E-state index in [0.29, 0.717) is 13.2 Å². The number of carboxylic acids is 1. The summed E-state index contributed by atoms with van der Waals surface area (Å²) in [5.74, 6) is -1.22. The molecular weight excluding hydrogens is 487 g/mol. The zero-order valence-corrected chi connectivity index (χ0v) is 18.7. The number of ether oxygens (including phenoxy) is 1. The Morgan fingerprint density at radius 3 is 2.34 bits per heavy atom. The maximum atomic E-state index is 11.3. The molecule has 4 aromatic rings. The Morgan fingerprint density at radius 1 is 1.03 bits per heavy atom. The molecule has 35 heavy (non-hydrogen) atoms. The van der Waals surface area contributed by atoms with Gasteiger partial charge in [-0.2, -0.15) is 13.2 Å². The van der Waals surface area contributed by atoms with Gasteiger partial charge in [-0.1, -0.05) is 29.8 Å². The number of anilines is 1. The summed E-state index contributed by atoms with van der Waals surface area (Å²) in [7, 11) is 0. The van der Waals surface area contributed by atoms with Crippen LogP contribution in [-0.2, 0) is 17.9 Å². The summed E-state index contributed by atoms with van der Waals surface area (Å²) in [5, 5.41) is 12.1. The average Bonchev–Trinajstić information content (AvgIpc) is 2.83. The predicted octanol–water partition coefficient (Wildman–Crippen LogP) is 5.40. The highest BCUT2D eigenvalue weighted by atomic mass is 35.5. The smallest absolute Gasteiger partial charge is 0.489 e. The maximum absolute atomic E-state index is 11.3. The van der Waals surface area contributed by atoms with E-state index in [-0.39, 0.29) is 5.56 Å². The van der Waals surface area contributed by atoms with Crippen LogP contribution in [0.3, 0.4) is 0 Å². The van der Waals surface area contributed by atoms with E-state index < -0.39 is 12.1 Å². The first-order chi connectivity index (χ1) is 16.6. The summed E-state index contributed by atoms with van der Waals surface area (Å²) in [6, 6.07) is 20.5. The van der Waals surface area contributed by atoms with Gasteiger partial charge in [0.15, 0.2) is 0 Å². The Labute approximate surface area is 202 Å². The van der Waals surface area contributed by atoms with E-state index in [1.807, 2.05) is 54.6 Å². The van der Waals surface area contributed by atoms with Crippen molar-refractivity contribution in [2.24, 2.45) is 0 Å². The second-order valence-corrected chi connectivity index (χ2v) is 7.63. The summed E-state index contributed by atoms with van der Waals surface area (Å²) in [6.45, 7) is 1.10. The van der Waals surface area contributed by atoms with Crippen LogP contribution in [0.1, 0.15) is 11.1 Å². The molecule has 0 amide bonds. The number of hydrogen-bond donors (Lipinski definition) is 3. The SMILES string of the molecule is O=C(O)C(F)(F)F.O=c1ccc2cc(OCc3ccc(NCc4ccc(Cl)cc4)nc3)ccc2[nH]1. The number of nitrogens with one attached hydrogen (secondary N) is 2. The number of fused-ring (bicyclic) bond motifs is 1. The van der Waals surface area contributed by atoms with Gasteiger partial charge in [0.05, 0.1) is 0 Å². The van der Waals surface area contributed by atoms with Crippen molar-refractivity contribution in [2.45, 2.75) is 19.3 Å². The number of halogens is 4. The van der Waals surface area contributed by atoms with Crippen LogP contribution in [0, 0.1) is 0 Å². The summed E-state index contributed by atoms with van der Waals surface area (Å²) in [6.07, 6.45) is -3.29. The van der Waals surface area contributed by atoms with Gasteiger partial charge in [-0.05, 0) is 48.0 Å². The minimum atomic E-state index is -5.08. The van der Waals surface area contributed by atoms with E-state index in [1.165, 1.54) is 6.07 Å². The van der Waals surface area contributed by atoms with E-state index >= 15 is 0 Å². The molecule has 0 aliphatic carbocycles. The summed E-state index contributed by atoms with van der Waals surface area (Å²) < 4.78 is 37.6. The second kappa shape index (κ2) is 11.4. The number of aromatic nitrogens is 2. The highest BCUT2D eigenvalue weighted by Gasteiger charge is 2.38. The Kier molecular flexibility index (Phi) is 8.32. The van der Waals surface area contributed by atoms with Crippen molar-refractivity contribution < 1.29 is 27.8 Å². The van der Waals surface area contributed by atoms with Gasteiger partial charge < -0.3 is 20.1 Å². The number of carbonyl (C=O) groups is 1. The van der Waals surface area contributed by atoms with Gasteiger partial charge in [-0.25, -0.2) is 9.78 Å². The maximum Gasteiger partial charge on any atom is 0.490 e. The first-order valence-corrected chi connectivity index (χ1v) is 10.5. The number of carboxylic acid groups (broad SMARTS) is 1. The molecule has 7 nitrogen and oxygen atoms in total. The summed E-state index contributed by atoms with van der Waals surface area (Å²) in [5.41, 5.74) is 2.78. The third-order valence-corrected chi connectivity index (χ3v) is 4.81. The van der Waals surface area contributed by atoms with Crippen molar-refractivity contribution in [3.8, 4) is 5.75 Å². The van der Waals surface area contributed by atoms with Crippen LogP contribution in [0.15, 0.2) is 77.7 Å². The molecule has 0 radical (unpaired) electrons. The minimum Gasteiger partial charge on any atom is -0.489 e. The Hall–Kier alpha value is -4.05. The van der Waals surface area contributed by atoms with E-state index in [2.05, 4.69) is 15.3 Å². The topological polar surface area (TPSA) is 104 Å². The first-order valence-electron chi connectivity index (χ1n) is 10.1. The minimum absolute atomic E-state index is 0.114. The lowest BCUT2D eigenvalue weighted by Gasteiger charge is -2.09. The standard InChI is InChI=1S/C22H18ClN3O2.C2HF3O2/c23-18-5-1-15(2-6-18)12-24-21-9-3-16(13-25-21)14-28-19-7-8-20-17(11-19)4-10-22(27)26-20;3-2(4,5)1(6)7/h1-11,13H,12,14H2,(H,24,25)(H,26,27);(H,6,7). The average molecular weight is 506 g/mol. The molecule has 0 aliphatic heterocycles. The van der Waals surface area contributed by atoms with Crippen LogP contribution in [0.4, 0.5) is 19.0 Å². The van der Waals surface area contributed by atoms with Gasteiger partial charge in [0.25, 0.3) is 0 Å². The fraction of sp³-hybridized carbons (Fsp3) is 0.125. The van der Waals surface area contributed by atoms with Crippen LogP contribution < -0.4 is 15.6 Å². The third-order valence-electron chi connectivity index (χ3n) is 4.55. The summed E-state index contributed by atoms with van der Waals surface area (Å²) >= 11 is 5.90. The first kappa shape index (κ1) is 25.6. The molecule has 0 atom stereocenters. The van der Waals surface area contributed by atoms with Crippen LogP contribution in [-0.4, -0.2) is 27.2 Å². The van der Waals surface area contributed by atoms with E-state index in [1.54, 1.807) is 12.3 Å². The normalized spacial score (nSPS) is 10.9. The van der Waals surface area contributed by atoms with Crippen LogP contribution in [0.2, 0.25) is 5.02 Å². The number of H-pyrrole nitrogens is 1. The molecule has 11 heteroatoms. The van der Waals surface area contributed by atoms with Gasteiger partial charge in [0, 0.05) is 40.3 Å². The number of pyridine rings is 2. The molecule has 2 aromatic carbocycles. The Balaban J connectivity index is 0.000000429. The van der Waals surface area contributed by atoms with Crippen molar-refractivity contribution >= 4 is 34.3 Å². The van der Waals surface area contributed by atoms with Crippen LogP contribution in [0.25, 0.3) is 10.9 Å². The number of rotatable bonds is 6. The van der Waals surface area contributed by atoms with Gasteiger partial charge in [0.1, 0.15) is 18.2 Å². The highest BCUT2D eigenvalue weighted by molar-refractivity contribution is 6.30. The molecule has 0 aliphatic rings. The van der Waals surface area contributed by atoms with Gasteiger partial charge in [0.2, 0.25) is 5.56 Å². The molecule has 0 spiro atoms. The van der Waals surface area contributed by atoms with Crippen molar-refractivity contribution in [1.82, 2.24) is 9.97 Å². The monoisotopic (exact) mass is 505 g/mol. The lowest BCUT2D eigenvalue weighted by atomic mass is 10.2. The second-order valence-electron chi connectivity index (χ2n) is 7.19. The fourth-order valence-electron chi connectivity index (χ4n) is 2.80. The number of aliphatic carboxylic acids is 1. The third kappa shape index (κ3) is 8.04. The molecule has 0 fully saturated rings. The zero-order chi connectivity index (χ0) is 25.4. The molecular formula is C24H19ClF3N3O4. The molecule has 4 rings (SSSR count). The van der Waals surface area contributed by atoms with Crippen molar-refractivity contribution in [3.63, 3.8) is 0 Å². The number of alkyl halides is 3. The van der Waals surface area contributed by atoms with E-state index in [4.69, 9.17) is 26.2 Å². The van der Waals surface area contributed by atoms with E-state index in [0.717, 1.165) is 38.6 Å². The van der Waals surface area contributed by atoms with Gasteiger partial charge >= 0.3 is 12.1 Å². The zero-order valence-electron chi connectivity index (χ0n) is 18.0. The van der Waals surface area contributed by atoms with Crippen LogP contribution in [0.5, 0.6) is 5.75 Å². The molecule has 0 unspecified atom stereocenters. The number of benzene rings is 2. The lowest BCUT2D eigenvalue weighted by molar-refractivity contribution is -0.192. The van der Waals surface area contributed by atoms with E-state index in [9.17, 15) is 18.0 Å². The number of nitrogens with zero attached hydrogens (tertiary/aromatic N) is 1. The molecule has 0 saturated heterocycles. The van der Waals surface area contributed by atoms with Crippen molar-refractivity contribution in [1.29, 1.82) is 0 Å². The molecule has 182 valence electrons.